The lowest BCUT2D eigenvalue weighted by Crippen LogP contribution is -2.30. The van der Waals surface area contributed by atoms with E-state index in [9.17, 15) is 8.78 Å². The predicted octanol–water partition coefficient (Wildman–Crippen LogP) is 2.88. The Hall–Kier alpha value is -1.54. The number of rotatable bonds is 4. The fraction of sp³-hybridized carbons (Fsp3) is 0.333. The summed E-state index contributed by atoms with van der Waals surface area (Å²) >= 11 is 3.02. The summed E-state index contributed by atoms with van der Waals surface area (Å²) in [7, 11) is 0. The van der Waals surface area contributed by atoms with Gasteiger partial charge in [-0.3, -0.25) is 0 Å². The van der Waals surface area contributed by atoms with E-state index in [2.05, 4.69) is 26.1 Å². The molecule has 1 heterocycles. The average molecular weight is 348 g/mol. The van der Waals surface area contributed by atoms with Crippen molar-refractivity contribution in [1.82, 2.24) is 10.1 Å². The highest BCUT2D eigenvalue weighted by molar-refractivity contribution is 9.10. The first-order valence-corrected chi connectivity index (χ1v) is 6.46. The van der Waals surface area contributed by atoms with Gasteiger partial charge in [0.05, 0.1) is 10.0 Å². The van der Waals surface area contributed by atoms with E-state index in [1.165, 1.54) is 0 Å². The molecule has 2 N–H and O–H groups in total. The fourth-order valence-corrected chi connectivity index (χ4v) is 1.90. The summed E-state index contributed by atoms with van der Waals surface area (Å²) in [5, 5.41) is 3.70. The first-order chi connectivity index (χ1) is 9.27. The van der Waals surface area contributed by atoms with Gasteiger partial charge in [0, 0.05) is 6.07 Å². The molecule has 2 aromatic rings. The standard InChI is InChI=1S/C12H12BrF2N3O2/c1-12(2,16)11-17-9(20-18-11)5-19-10-7(13)3-6(14)4-8(10)15/h3-4H,5,16H2,1-2H3. The molecule has 0 spiro atoms. The summed E-state index contributed by atoms with van der Waals surface area (Å²) in [5.41, 5.74) is 5.06. The predicted molar refractivity (Wildman–Crippen MR) is 69.9 cm³/mol. The largest absolute Gasteiger partial charge is 0.479 e. The number of halogens is 3. The topological polar surface area (TPSA) is 74.2 Å². The zero-order chi connectivity index (χ0) is 14.9. The molecular weight excluding hydrogens is 336 g/mol. The number of benzene rings is 1. The summed E-state index contributed by atoms with van der Waals surface area (Å²) in [6.07, 6.45) is 0. The van der Waals surface area contributed by atoms with Crippen molar-refractivity contribution in [2.75, 3.05) is 0 Å². The summed E-state index contributed by atoms with van der Waals surface area (Å²) < 4.78 is 36.8. The highest BCUT2D eigenvalue weighted by atomic mass is 79.9. The Kier molecular flexibility index (Phi) is 4.05. The molecule has 1 aromatic carbocycles. The molecule has 0 bridgehead atoms. The van der Waals surface area contributed by atoms with Crippen molar-refractivity contribution in [3.8, 4) is 5.75 Å². The second kappa shape index (κ2) is 5.45. The maximum Gasteiger partial charge on any atom is 0.264 e. The molecule has 0 atom stereocenters. The lowest BCUT2D eigenvalue weighted by atomic mass is 10.1. The molecule has 0 aliphatic carbocycles. The maximum absolute atomic E-state index is 13.5. The number of hydrogen-bond acceptors (Lipinski definition) is 5. The van der Waals surface area contributed by atoms with Crippen LogP contribution in [-0.4, -0.2) is 10.1 Å². The average Bonchev–Trinajstić information content (AvgIpc) is 2.75. The van der Waals surface area contributed by atoms with E-state index in [0.29, 0.717) is 5.82 Å². The van der Waals surface area contributed by atoms with Crippen LogP contribution in [0.2, 0.25) is 0 Å². The van der Waals surface area contributed by atoms with Gasteiger partial charge in [-0.25, -0.2) is 8.78 Å². The van der Waals surface area contributed by atoms with Crippen LogP contribution in [0.15, 0.2) is 21.1 Å². The molecule has 0 radical (unpaired) electrons. The van der Waals surface area contributed by atoms with E-state index < -0.39 is 17.2 Å². The van der Waals surface area contributed by atoms with Crippen molar-refractivity contribution >= 4 is 15.9 Å². The van der Waals surface area contributed by atoms with E-state index in [1.807, 2.05) is 0 Å². The van der Waals surface area contributed by atoms with Crippen LogP contribution in [0.4, 0.5) is 8.78 Å². The van der Waals surface area contributed by atoms with Gasteiger partial charge in [0.25, 0.3) is 5.89 Å². The van der Waals surface area contributed by atoms with Gasteiger partial charge in [-0.15, -0.1) is 0 Å². The third kappa shape index (κ3) is 3.31. The van der Waals surface area contributed by atoms with E-state index in [1.54, 1.807) is 13.8 Å². The number of ether oxygens (including phenoxy) is 1. The Labute approximate surface area is 122 Å². The lowest BCUT2D eigenvalue weighted by Gasteiger charge is -2.11. The van der Waals surface area contributed by atoms with Crippen molar-refractivity contribution in [1.29, 1.82) is 0 Å². The number of nitrogens with two attached hydrogens (primary N) is 1. The molecule has 0 aliphatic heterocycles. The minimum absolute atomic E-state index is 0.127. The SMILES string of the molecule is CC(C)(N)c1noc(COc2c(F)cc(F)cc2Br)n1. The van der Waals surface area contributed by atoms with Gasteiger partial charge in [0.1, 0.15) is 5.82 Å². The van der Waals surface area contributed by atoms with Gasteiger partial charge in [0.15, 0.2) is 24.0 Å². The second-order valence-electron chi connectivity index (χ2n) is 4.72. The molecule has 0 unspecified atom stereocenters. The van der Waals surface area contributed by atoms with Gasteiger partial charge < -0.3 is 15.0 Å². The van der Waals surface area contributed by atoms with Gasteiger partial charge in [-0.2, -0.15) is 4.98 Å². The molecule has 108 valence electrons. The third-order valence-electron chi connectivity index (χ3n) is 2.35. The first-order valence-electron chi connectivity index (χ1n) is 5.66. The number of nitrogens with zero attached hydrogens (tertiary/aromatic N) is 2. The summed E-state index contributed by atoms with van der Waals surface area (Å²) in [4.78, 5) is 4.03. The molecule has 0 amide bonds. The first kappa shape index (κ1) is 14.9. The zero-order valence-corrected chi connectivity index (χ0v) is 12.4. The summed E-state index contributed by atoms with van der Waals surface area (Å²) in [6.45, 7) is 3.29. The van der Waals surface area contributed by atoms with Crippen LogP contribution in [0, 0.1) is 11.6 Å². The Bertz CT molecular complexity index is 602. The van der Waals surface area contributed by atoms with Crippen LogP contribution in [0.25, 0.3) is 0 Å². The van der Waals surface area contributed by atoms with Crippen molar-refractivity contribution in [3.05, 3.63) is 40.0 Å². The quantitative estimate of drug-likeness (QED) is 0.920. The third-order valence-corrected chi connectivity index (χ3v) is 2.94. The molecule has 20 heavy (non-hydrogen) atoms. The summed E-state index contributed by atoms with van der Waals surface area (Å²) in [5.74, 6) is -1.19. The van der Waals surface area contributed by atoms with Crippen LogP contribution >= 0.6 is 15.9 Å². The van der Waals surface area contributed by atoms with Crippen molar-refractivity contribution < 1.29 is 18.0 Å². The Morgan fingerprint density at radius 1 is 1.40 bits per heavy atom. The molecule has 0 fully saturated rings. The zero-order valence-electron chi connectivity index (χ0n) is 10.8. The van der Waals surface area contributed by atoms with Crippen molar-refractivity contribution in [3.63, 3.8) is 0 Å². The molecule has 0 aliphatic rings. The molecule has 0 saturated heterocycles. The van der Waals surface area contributed by atoms with E-state index in [-0.39, 0.29) is 22.7 Å². The van der Waals surface area contributed by atoms with Crippen LogP contribution in [0.5, 0.6) is 5.75 Å². The van der Waals surface area contributed by atoms with Gasteiger partial charge in [0.2, 0.25) is 0 Å². The van der Waals surface area contributed by atoms with Crippen molar-refractivity contribution in [2.45, 2.75) is 26.0 Å². The number of aromatic nitrogens is 2. The summed E-state index contributed by atoms with van der Waals surface area (Å²) in [6, 6.07) is 1.82. The molecule has 0 saturated carbocycles. The van der Waals surface area contributed by atoms with Gasteiger partial charge in [-0.05, 0) is 35.8 Å². The van der Waals surface area contributed by atoms with Crippen LogP contribution in [0.3, 0.4) is 0 Å². The maximum atomic E-state index is 13.5. The monoisotopic (exact) mass is 347 g/mol. The van der Waals surface area contributed by atoms with Gasteiger partial charge in [-0.1, -0.05) is 5.16 Å². The molecule has 8 heteroatoms. The lowest BCUT2D eigenvalue weighted by molar-refractivity contribution is 0.231. The molecule has 2 rings (SSSR count). The molecular formula is C12H12BrF2N3O2. The van der Waals surface area contributed by atoms with Crippen LogP contribution in [0.1, 0.15) is 25.6 Å². The Morgan fingerprint density at radius 2 is 2.10 bits per heavy atom. The highest BCUT2D eigenvalue weighted by Crippen LogP contribution is 2.29. The number of hydrogen-bond donors (Lipinski definition) is 1. The normalized spacial score (nSPS) is 11.7. The van der Waals surface area contributed by atoms with Crippen molar-refractivity contribution in [2.24, 2.45) is 5.73 Å². The minimum atomic E-state index is -0.823. The fourth-order valence-electron chi connectivity index (χ4n) is 1.38. The van der Waals surface area contributed by atoms with E-state index in [4.69, 9.17) is 15.0 Å². The highest BCUT2D eigenvalue weighted by Gasteiger charge is 2.22. The Morgan fingerprint density at radius 3 is 2.65 bits per heavy atom. The van der Waals surface area contributed by atoms with Crippen LogP contribution < -0.4 is 10.5 Å². The minimum Gasteiger partial charge on any atom is -0.479 e. The smallest absolute Gasteiger partial charge is 0.264 e. The van der Waals surface area contributed by atoms with E-state index >= 15 is 0 Å². The Balaban J connectivity index is 2.12. The molecule has 5 nitrogen and oxygen atoms in total. The van der Waals surface area contributed by atoms with Gasteiger partial charge >= 0.3 is 0 Å². The van der Waals surface area contributed by atoms with E-state index in [0.717, 1.165) is 12.1 Å². The second-order valence-corrected chi connectivity index (χ2v) is 5.57. The van der Waals surface area contributed by atoms with Crippen LogP contribution in [-0.2, 0) is 12.1 Å². The molecule has 1 aromatic heterocycles.